The molecular weight excluding hydrogens is 325 g/mol. The van der Waals surface area contributed by atoms with E-state index in [1.807, 2.05) is 0 Å². The molecule has 2 heterocycles. The lowest BCUT2D eigenvalue weighted by Gasteiger charge is -2.18. The van der Waals surface area contributed by atoms with Gasteiger partial charge >= 0.3 is 0 Å². The van der Waals surface area contributed by atoms with Crippen LogP contribution in [0.2, 0.25) is 4.34 Å². The molecule has 0 amide bonds. The average Bonchev–Trinajstić information content (AvgIpc) is 3.02. The SMILES string of the molecule is Fc1nc(NCC(F)(F)CCNC[C@H]2CCCN2)c(Cl)s1. The highest BCUT2D eigenvalue weighted by Crippen LogP contribution is 2.28. The van der Waals surface area contributed by atoms with Gasteiger partial charge in [0.25, 0.3) is 11.2 Å². The summed E-state index contributed by atoms with van der Waals surface area (Å²) in [6.45, 7) is 1.31. The smallest absolute Gasteiger partial charge is 0.272 e. The van der Waals surface area contributed by atoms with Crippen LogP contribution in [0, 0.1) is 5.26 Å². The van der Waals surface area contributed by atoms with Gasteiger partial charge in [-0.25, -0.2) is 8.78 Å². The number of aromatic nitrogens is 1. The first-order valence-corrected chi connectivity index (χ1v) is 8.03. The lowest BCUT2D eigenvalue weighted by atomic mass is 10.2. The predicted octanol–water partition coefficient (Wildman–Crippen LogP) is 2.71. The summed E-state index contributed by atoms with van der Waals surface area (Å²) >= 11 is 6.28. The summed E-state index contributed by atoms with van der Waals surface area (Å²) in [6, 6.07) is 0.383. The van der Waals surface area contributed by atoms with Gasteiger partial charge in [-0.15, -0.1) is 0 Å². The van der Waals surface area contributed by atoms with Crippen molar-refractivity contribution in [3.63, 3.8) is 0 Å². The Balaban J connectivity index is 1.65. The molecule has 0 unspecified atom stereocenters. The Kier molecular flexibility index (Phi) is 6.09. The van der Waals surface area contributed by atoms with Crippen LogP contribution >= 0.6 is 22.9 Å². The van der Waals surface area contributed by atoms with E-state index < -0.39 is 17.7 Å². The minimum Gasteiger partial charge on any atom is -0.362 e. The Morgan fingerprint density at radius 2 is 2.29 bits per heavy atom. The van der Waals surface area contributed by atoms with Crippen molar-refractivity contribution in [2.24, 2.45) is 0 Å². The number of halogens is 4. The summed E-state index contributed by atoms with van der Waals surface area (Å²) in [4.78, 5) is 3.41. The molecule has 1 aromatic heterocycles. The number of hydrogen-bond acceptors (Lipinski definition) is 5. The van der Waals surface area contributed by atoms with Gasteiger partial charge in [0.15, 0.2) is 5.82 Å². The number of rotatable bonds is 8. The molecule has 1 aliphatic heterocycles. The molecule has 120 valence electrons. The molecule has 3 N–H and O–H groups in total. The van der Waals surface area contributed by atoms with Gasteiger partial charge in [0.05, 0.1) is 6.54 Å². The molecule has 0 aliphatic carbocycles. The molecule has 9 heteroatoms. The molecular formula is C12H18ClF3N4S. The van der Waals surface area contributed by atoms with E-state index in [1.165, 1.54) is 0 Å². The third kappa shape index (κ3) is 5.61. The first-order chi connectivity index (χ1) is 9.96. The predicted molar refractivity (Wildman–Crippen MR) is 79.0 cm³/mol. The largest absolute Gasteiger partial charge is 0.362 e. The third-order valence-corrected chi connectivity index (χ3v) is 4.34. The normalized spacial score (nSPS) is 19.1. The fourth-order valence-electron chi connectivity index (χ4n) is 2.17. The maximum Gasteiger partial charge on any atom is 0.272 e. The molecule has 1 saturated heterocycles. The van der Waals surface area contributed by atoms with Crippen LogP contribution in [0.1, 0.15) is 19.3 Å². The zero-order valence-corrected chi connectivity index (χ0v) is 13.0. The molecule has 1 fully saturated rings. The van der Waals surface area contributed by atoms with E-state index in [2.05, 4.69) is 20.9 Å². The number of alkyl halides is 2. The topological polar surface area (TPSA) is 49.0 Å². The Morgan fingerprint density at radius 3 is 2.90 bits per heavy atom. The molecule has 0 aromatic carbocycles. The van der Waals surface area contributed by atoms with Crippen LogP contribution in [0.4, 0.5) is 19.0 Å². The molecule has 0 radical (unpaired) electrons. The highest BCUT2D eigenvalue weighted by Gasteiger charge is 2.29. The highest BCUT2D eigenvalue weighted by atomic mass is 35.5. The standard InChI is InChI=1S/C12H18ClF3N4S/c13-9-10(20-11(14)21-9)19-7-12(15,16)3-5-17-6-8-2-1-4-18-8/h8,17-19H,1-7H2/t8-/m1/s1. The Labute approximate surface area is 130 Å². The molecule has 21 heavy (non-hydrogen) atoms. The first-order valence-electron chi connectivity index (χ1n) is 6.84. The van der Waals surface area contributed by atoms with E-state index in [9.17, 15) is 13.2 Å². The van der Waals surface area contributed by atoms with Crippen molar-refractivity contribution in [1.29, 1.82) is 0 Å². The summed E-state index contributed by atoms with van der Waals surface area (Å²) in [5.41, 5.74) is 0. The van der Waals surface area contributed by atoms with E-state index in [-0.39, 0.29) is 23.1 Å². The van der Waals surface area contributed by atoms with Crippen molar-refractivity contribution in [2.75, 3.05) is 31.5 Å². The number of hydrogen-bond donors (Lipinski definition) is 3. The van der Waals surface area contributed by atoms with E-state index in [0.29, 0.717) is 23.9 Å². The van der Waals surface area contributed by atoms with Gasteiger partial charge < -0.3 is 16.0 Å². The molecule has 1 aliphatic rings. The maximum atomic E-state index is 13.7. The molecule has 0 bridgehead atoms. The van der Waals surface area contributed by atoms with Gasteiger partial charge in [0.1, 0.15) is 4.34 Å². The van der Waals surface area contributed by atoms with Gasteiger partial charge in [-0.05, 0) is 19.4 Å². The van der Waals surface area contributed by atoms with Crippen LogP contribution in [-0.2, 0) is 0 Å². The van der Waals surface area contributed by atoms with Gasteiger partial charge in [0, 0.05) is 25.6 Å². The average molecular weight is 343 g/mol. The quantitative estimate of drug-likeness (QED) is 0.636. The minimum atomic E-state index is -2.90. The highest BCUT2D eigenvalue weighted by molar-refractivity contribution is 7.15. The van der Waals surface area contributed by atoms with Crippen molar-refractivity contribution in [1.82, 2.24) is 15.6 Å². The van der Waals surface area contributed by atoms with Crippen molar-refractivity contribution in [3.8, 4) is 0 Å². The Morgan fingerprint density at radius 1 is 1.48 bits per heavy atom. The van der Waals surface area contributed by atoms with Crippen LogP contribution in [-0.4, -0.2) is 43.1 Å². The number of thiazole rings is 1. The molecule has 1 aromatic rings. The summed E-state index contributed by atoms with van der Waals surface area (Å²) in [5, 5.41) is 7.97. The van der Waals surface area contributed by atoms with E-state index in [1.54, 1.807) is 0 Å². The molecule has 0 spiro atoms. The number of nitrogens with zero attached hydrogens (tertiary/aromatic N) is 1. The van der Waals surface area contributed by atoms with Crippen molar-refractivity contribution in [2.45, 2.75) is 31.2 Å². The summed E-state index contributed by atoms with van der Waals surface area (Å²) in [7, 11) is 0. The first kappa shape index (κ1) is 16.8. The van der Waals surface area contributed by atoms with E-state index in [0.717, 1.165) is 19.4 Å². The molecule has 2 rings (SSSR count). The lowest BCUT2D eigenvalue weighted by molar-refractivity contribution is 0.00689. The van der Waals surface area contributed by atoms with Gasteiger partial charge in [0.2, 0.25) is 0 Å². The van der Waals surface area contributed by atoms with Crippen molar-refractivity contribution < 1.29 is 13.2 Å². The van der Waals surface area contributed by atoms with E-state index in [4.69, 9.17) is 11.6 Å². The van der Waals surface area contributed by atoms with Crippen molar-refractivity contribution >= 4 is 28.8 Å². The fourth-order valence-corrected chi connectivity index (χ4v) is 2.97. The van der Waals surface area contributed by atoms with Gasteiger partial charge in [-0.1, -0.05) is 22.9 Å². The van der Waals surface area contributed by atoms with Crippen LogP contribution in [0.15, 0.2) is 0 Å². The maximum absolute atomic E-state index is 13.7. The van der Waals surface area contributed by atoms with Gasteiger partial charge in [-0.3, -0.25) is 0 Å². The second-order valence-electron chi connectivity index (χ2n) is 5.05. The zero-order valence-electron chi connectivity index (χ0n) is 11.4. The van der Waals surface area contributed by atoms with Crippen molar-refractivity contribution in [3.05, 3.63) is 9.60 Å². The van der Waals surface area contributed by atoms with Gasteiger partial charge in [-0.2, -0.15) is 9.37 Å². The number of anilines is 1. The lowest BCUT2D eigenvalue weighted by Crippen LogP contribution is -2.37. The fraction of sp³-hybridized carbons (Fsp3) is 0.750. The van der Waals surface area contributed by atoms with Crippen LogP contribution in [0.5, 0.6) is 0 Å². The zero-order chi connectivity index (χ0) is 15.3. The summed E-state index contributed by atoms with van der Waals surface area (Å²) in [5.74, 6) is -2.93. The molecule has 0 saturated carbocycles. The monoisotopic (exact) mass is 342 g/mol. The minimum absolute atomic E-state index is 0.0260. The van der Waals surface area contributed by atoms with E-state index >= 15 is 0 Å². The molecule has 4 nitrogen and oxygen atoms in total. The molecule has 1 atom stereocenters. The third-order valence-electron chi connectivity index (χ3n) is 3.29. The van der Waals surface area contributed by atoms with Crippen LogP contribution in [0.3, 0.4) is 0 Å². The Hall–Kier alpha value is -0.570. The second kappa shape index (κ2) is 7.62. The van der Waals surface area contributed by atoms with Crippen LogP contribution < -0.4 is 16.0 Å². The van der Waals surface area contributed by atoms with Crippen LogP contribution in [0.25, 0.3) is 0 Å². The Bertz CT molecular complexity index is 452. The number of nitrogens with one attached hydrogen (secondary N) is 3. The summed E-state index contributed by atoms with van der Waals surface area (Å²) in [6.07, 6.45) is 1.92. The second-order valence-corrected chi connectivity index (χ2v) is 6.60. The summed E-state index contributed by atoms with van der Waals surface area (Å²) < 4.78 is 40.2.